The molecule has 1 aliphatic rings. The molecule has 1 fully saturated rings. The van der Waals surface area contributed by atoms with Gasteiger partial charge in [-0.3, -0.25) is 4.79 Å². The van der Waals surface area contributed by atoms with Crippen molar-refractivity contribution >= 4 is 11.9 Å². The van der Waals surface area contributed by atoms with E-state index in [1.54, 1.807) is 4.90 Å². The zero-order chi connectivity index (χ0) is 9.84. The van der Waals surface area contributed by atoms with E-state index in [1.165, 1.54) is 0 Å². The van der Waals surface area contributed by atoms with Crippen LogP contribution >= 0.6 is 0 Å². The summed E-state index contributed by atoms with van der Waals surface area (Å²) >= 11 is 0. The smallest absolute Gasteiger partial charge is 0.330 e. The minimum Gasteiger partial charge on any atom is -0.462 e. The van der Waals surface area contributed by atoms with Crippen molar-refractivity contribution in [2.45, 2.75) is 19.4 Å². The van der Waals surface area contributed by atoms with E-state index in [0.29, 0.717) is 6.04 Å². The molecule has 0 aromatic carbocycles. The standard InChI is InChI=1S/C9H13NO3/c1-3-9(12)13-5-4-8(11)10-6-7(10)2/h3,7H,1,4-6H2,2H3. The SMILES string of the molecule is C=CC(=O)OCCC(=O)N1CC1C. The summed E-state index contributed by atoms with van der Waals surface area (Å²) in [6, 6.07) is 0.364. The van der Waals surface area contributed by atoms with Gasteiger partial charge >= 0.3 is 5.97 Å². The van der Waals surface area contributed by atoms with Gasteiger partial charge in [-0.25, -0.2) is 4.79 Å². The molecule has 1 amide bonds. The third-order valence-corrected chi connectivity index (χ3v) is 1.91. The zero-order valence-corrected chi connectivity index (χ0v) is 7.66. The topological polar surface area (TPSA) is 46.4 Å². The van der Waals surface area contributed by atoms with Crippen molar-refractivity contribution in [3.05, 3.63) is 12.7 Å². The fraction of sp³-hybridized carbons (Fsp3) is 0.556. The maximum Gasteiger partial charge on any atom is 0.330 e. The molecule has 0 aromatic rings. The molecule has 1 rings (SSSR count). The minimum atomic E-state index is -0.480. The van der Waals surface area contributed by atoms with Crippen molar-refractivity contribution in [3.63, 3.8) is 0 Å². The highest BCUT2D eigenvalue weighted by Crippen LogP contribution is 2.16. The highest BCUT2D eigenvalue weighted by atomic mass is 16.5. The van der Waals surface area contributed by atoms with Crippen molar-refractivity contribution in [2.24, 2.45) is 0 Å². The highest BCUT2D eigenvalue weighted by molar-refractivity contribution is 5.82. The van der Waals surface area contributed by atoms with Gasteiger partial charge in [-0.2, -0.15) is 0 Å². The largest absolute Gasteiger partial charge is 0.462 e. The van der Waals surface area contributed by atoms with Crippen molar-refractivity contribution in [1.82, 2.24) is 4.90 Å². The van der Waals surface area contributed by atoms with Gasteiger partial charge in [0.2, 0.25) is 5.91 Å². The summed E-state index contributed by atoms with van der Waals surface area (Å²) in [5.74, 6) is -0.434. The van der Waals surface area contributed by atoms with E-state index in [1.807, 2.05) is 6.92 Å². The molecular weight excluding hydrogens is 170 g/mol. The lowest BCUT2D eigenvalue weighted by Gasteiger charge is -2.02. The molecule has 1 aliphatic heterocycles. The van der Waals surface area contributed by atoms with Crippen molar-refractivity contribution in [3.8, 4) is 0 Å². The first-order valence-corrected chi connectivity index (χ1v) is 4.24. The van der Waals surface area contributed by atoms with Gasteiger partial charge in [0, 0.05) is 18.7 Å². The number of rotatable bonds is 4. The summed E-state index contributed by atoms with van der Waals surface area (Å²) in [5.41, 5.74) is 0. The maximum absolute atomic E-state index is 11.2. The molecule has 1 saturated heterocycles. The zero-order valence-electron chi connectivity index (χ0n) is 7.66. The Morgan fingerprint density at radius 3 is 2.77 bits per heavy atom. The van der Waals surface area contributed by atoms with Crippen LogP contribution in [0.2, 0.25) is 0 Å². The Hall–Kier alpha value is -1.32. The molecule has 0 N–H and O–H groups in total. The second-order valence-electron chi connectivity index (χ2n) is 3.02. The van der Waals surface area contributed by atoms with Crippen molar-refractivity contribution in [2.75, 3.05) is 13.2 Å². The van der Waals surface area contributed by atoms with E-state index in [-0.39, 0.29) is 18.9 Å². The first-order chi connectivity index (χ1) is 6.15. The predicted octanol–water partition coefficient (Wildman–Crippen LogP) is 0.336. The molecule has 13 heavy (non-hydrogen) atoms. The Labute approximate surface area is 77.2 Å². The Kier molecular flexibility index (Phi) is 3.06. The molecule has 1 unspecified atom stereocenters. The van der Waals surface area contributed by atoms with Gasteiger partial charge < -0.3 is 9.64 Å². The normalized spacial score (nSPS) is 19.5. The quantitative estimate of drug-likeness (QED) is 0.358. The molecule has 72 valence electrons. The van der Waals surface area contributed by atoms with Crippen LogP contribution in [0.3, 0.4) is 0 Å². The summed E-state index contributed by atoms with van der Waals surface area (Å²) in [5, 5.41) is 0. The van der Waals surface area contributed by atoms with Crippen LogP contribution in [0.15, 0.2) is 12.7 Å². The lowest BCUT2D eigenvalue weighted by molar-refractivity contribution is -0.139. The van der Waals surface area contributed by atoms with Gasteiger partial charge in [-0.15, -0.1) is 0 Å². The van der Waals surface area contributed by atoms with Crippen molar-refractivity contribution in [1.29, 1.82) is 0 Å². The first kappa shape index (κ1) is 9.77. The van der Waals surface area contributed by atoms with E-state index in [0.717, 1.165) is 12.6 Å². The summed E-state index contributed by atoms with van der Waals surface area (Å²) in [7, 11) is 0. The second-order valence-corrected chi connectivity index (χ2v) is 3.02. The lowest BCUT2D eigenvalue weighted by atomic mass is 10.4. The van der Waals surface area contributed by atoms with Crippen molar-refractivity contribution < 1.29 is 14.3 Å². The average Bonchev–Trinajstić information content (AvgIpc) is 2.82. The number of hydrogen-bond acceptors (Lipinski definition) is 3. The monoisotopic (exact) mass is 183 g/mol. The summed E-state index contributed by atoms with van der Waals surface area (Å²) in [6.45, 7) is 6.20. The van der Waals surface area contributed by atoms with Gasteiger partial charge in [0.1, 0.15) is 6.61 Å². The number of carbonyl (C=O) groups is 2. The van der Waals surface area contributed by atoms with E-state index in [4.69, 9.17) is 0 Å². The minimum absolute atomic E-state index is 0.0457. The van der Waals surface area contributed by atoms with Gasteiger partial charge in [-0.05, 0) is 6.92 Å². The number of hydrogen-bond donors (Lipinski definition) is 0. The van der Waals surface area contributed by atoms with Crippen LogP contribution < -0.4 is 0 Å². The predicted molar refractivity (Wildman–Crippen MR) is 46.9 cm³/mol. The Morgan fingerprint density at radius 1 is 1.69 bits per heavy atom. The maximum atomic E-state index is 11.2. The van der Waals surface area contributed by atoms with E-state index < -0.39 is 5.97 Å². The van der Waals surface area contributed by atoms with Gasteiger partial charge in [-0.1, -0.05) is 6.58 Å². The molecule has 0 aromatic heterocycles. The molecule has 0 bridgehead atoms. The molecule has 0 saturated carbocycles. The van der Waals surface area contributed by atoms with Crippen LogP contribution in [0.1, 0.15) is 13.3 Å². The number of ether oxygens (including phenoxy) is 1. The molecule has 4 heteroatoms. The van der Waals surface area contributed by atoms with Crippen LogP contribution in [0.5, 0.6) is 0 Å². The molecule has 0 spiro atoms. The van der Waals surface area contributed by atoms with Crippen LogP contribution in [0.25, 0.3) is 0 Å². The van der Waals surface area contributed by atoms with Gasteiger partial charge in [0.15, 0.2) is 0 Å². The fourth-order valence-corrected chi connectivity index (χ4v) is 1.03. The molecule has 1 heterocycles. The molecule has 0 aliphatic carbocycles. The van der Waals surface area contributed by atoms with Crippen LogP contribution in [0.4, 0.5) is 0 Å². The Bertz CT molecular complexity index is 237. The number of carbonyl (C=O) groups excluding carboxylic acids is 2. The summed E-state index contributed by atoms with van der Waals surface area (Å²) in [6.07, 6.45) is 1.36. The van der Waals surface area contributed by atoms with Crippen LogP contribution in [0, 0.1) is 0 Å². The third kappa shape index (κ3) is 2.89. The molecule has 1 atom stereocenters. The van der Waals surface area contributed by atoms with E-state index in [9.17, 15) is 9.59 Å². The Balaban J connectivity index is 2.09. The summed E-state index contributed by atoms with van der Waals surface area (Å²) in [4.78, 5) is 23.5. The molecular formula is C9H13NO3. The van der Waals surface area contributed by atoms with Crippen LogP contribution in [-0.4, -0.2) is 36.0 Å². The lowest BCUT2D eigenvalue weighted by Crippen LogP contribution is -2.15. The van der Waals surface area contributed by atoms with E-state index >= 15 is 0 Å². The van der Waals surface area contributed by atoms with E-state index in [2.05, 4.69) is 11.3 Å². The average molecular weight is 183 g/mol. The highest BCUT2D eigenvalue weighted by Gasteiger charge is 2.33. The summed E-state index contributed by atoms with van der Waals surface area (Å²) < 4.78 is 4.67. The second kappa shape index (κ2) is 4.07. The third-order valence-electron chi connectivity index (χ3n) is 1.91. The molecule has 4 nitrogen and oxygen atoms in total. The fourth-order valence-electron chi connectivity index (χ4n) is 1.03. The first-order valence-electron chi connectivity index (χ1n) is 4.24. The molecule has 0 radical (unpaired) electrons. The number of nitrogens with zero attached hydrogens (tertiary/aromatic N) is 1. The number of amides is 1. The Morgan fingerprint density at radius 2 is 2.31 bits per heavy atom. The van der Waals surface area contributed by atoms with Gasteiger partial charge in [0.25, 0.3) is 0 Å². The number of esters is 1. The van der Waals surface area contributed by atoms with Gasteiger partial charge in [0.05, 0.1) is 6.42 Å². The van der Waals surface area contributed by atoms with Crippen LogP contribution in [-0.2, 0) is 14.3 Å².